The molecule has 0 saturated heterocycles. The number of rotatable bonds is 6. The Balaban J connectivity index is 1.75. The zero-order valence-corrected chi connectivity index (χ0v) is 13.2. The van der Waals surface area contributed by atoms with Crippen molar-refractivity contribution >= 4 is 10.8 Å². The van der Waals surface area contributed by atoms with Gasteiger partial charge in [0.15, 0.2) is 0 Å². The first-order valence-electron chi connectivity index (χ1n) is 8.44. The zero-order valence-electron chi connectivity index (χ0n) is 13.2. The zero-order chi connectivity index (χ0) is 14.5. The maximum atomic E-state index is 3.35. The Morgan fingerprint density at radius 3 is 2.52 bits per heavy atom. The third kappa shape index (κ3) is 3.29. The number of benzene rings is 2. The lowest BCUT2D eigenvalue weighted by Crippen LogP contribution is -2.23. The minimum Gasteiger partial charge on any atom is -0.320 e. The van der Waals surface area contributed by atoms with Gasteiger partial charge in [0.25, 0.3) is 0 Å². The molecule has 1 aliphatic rings. The van der Waals surface area contributed by atoms with Gasteiger partial charge in [0.1, 0.15) is 0 Å². The van der Waals surface area contributed by atoms with E-state index in [1.807, 2.05) is 0 Å². The summed E-state index contributed by atoms with van der Waals surface area (Å²) in [6.07, 6.45) is 9.64. The van der Waals surface area contributed by atoms with E-state index in [-0.39, 0.29) is 0 Å². The Morgan fingerprint density at radius 2 is 1.71 bits per heavy atom. The molecule has 2 aromatic carbocycles. The van der Waals surface area contributed by atoms with Crippen molar-refractivity contribution in [3.63, 3.8) is 0 Å². The summed E-state index contributed by atoms with van der Waals surface area (Å²) in [5, 5.41) is 6.17. The number of nitrogens with one attached hydrogen (secondary N) is 1. The maximum absolute atomic E-state index is 3.35. The van der Waals surface area contributed by atoms with Gasteiger partial charge in [-0.05, 0) is 67.4 Å². The molecule has 1 heteroatoms. The highest BCUT2D eigenvalue weighted by molar-refractivity contribution is 5.85. The second-order valence-electron chi connectivity index (χ2n) is 6.70. The van der Waals surface area contributed by atoms with E-state index in [9.17, 15) is 0 Å². The van der Waals surface area contributed by atoms with Crippen molar-refractivity contribution in [3.05, 3.63) is 48.0 Å². The van der Waals surface area contributed by atoms with E-state index in [1.165, 1.54) is 61.3 Å². The molecular formula is C20H27N. The third-order valence-electron chi connectivity index (χ3n) is 5.37. The first-order chi connectivity index (χ1) is 10.3. The molecule has 112 valence electrons. The fourth-order valence-electron chi connectivity index (χ4n) is 4.05. The van der Waals surface area contributed by atoms with Gasteiger partial charge >= 0.3 is 0 Å². The van der Waals surface area contributed by atoms with Crippen LogP contribution in [0.1, 0.15) is 44.1 Å². The van der Waals surface area contributed by atoms with Crippen LogP contribution in [0.25, 0.3) is 10.8 Å². The maximum Gasteiger partial charge on any atom is -0.00466 e. The predicted octanol–water partition coefficient (Wildman–Crippen LogP) is 4.94. The van der Waals surface area contributed by atoms with Crippen LogP contribution < -0.4 is 5.32 Å². The van der Waals surface area contributed by atoms with Gasteiger partial charge in [0.2, 0.25) is 0 Å². The standard InChI is InChI=1S/C20H27N/c1-21-16-15-20(12-4-5-13-20)14-11-18-9-6-8-17-7-2-3-10-19(17)18/h2-3,6-10,21H,4-5,11-16H2,1H3. The highest BCUT2D eigenvalue weighted by atomic mass is 14.8. The van der Waals surface area contributed by atoms with Crippen LogP contribution in [0.5, 0.6) is 0 Å². The van der Waals surface area contributed by atoms with Gasteiger partial charge in [-0.3, -0.25) is 0 Å². The minimum atomic E-state index is 0.597. The molecule has 0 spiro atoms. The lowest BCUT2D eigenvalue weighted by molar-refractivity contribution is 0.247. The average Bonchev–Trinajstić information content (AvgIpc) is 3.00. The number of fused-ring (bicyclic) bond motifs is 1. The summed E-state index contributed by atoms with van der Waals surface area (Å²) in [5.41, 5.74) is 2.13. The Morgan fingerprint density at radius 1 is 0.952 bits per heavy atom. The lowest BCUT2D eigenvalue weighted by atomic mass is 9.77. The predicted molar refractivity (Wildman–Crippen MR) is 91.7 cm³/mol. The highest BCUT2D eigenvalue weighted by Gasteiger charge is 2.32. The van der Waals surface area contributed by atoms with Gasteiger partial charge in [-0.25, -0.2) is 0 Å². The molecule has 21 heavy (non-hydrogen) atoms. The molecule has 0 aromatic heterocycles. The molecule has 0 heterocycles. The SMILES string of the molecule is CNCCC1(CCc2cccc3ccccc23)CCCC1. The lowest BCUT2D eigenvalue weighted by Gasteiger charge is -2.29. The van der Waals surface area contributed by atoms with Gasteiger partial charge < -0.3 is 5.32 Å². The summed E-state index contributed by atoms with van der Waals surface area (Å²) in [7, 11) is 2.08. The van der Waals surface area contributed by atoms with Gasteiger partial charge in [-0.15, -0.1) is 0 Å². The Kier molecular flexibility index (Phi) is 4.60. The van der Waals surface area contributed by atoms with E-state index < -0.39 is 0 Å². The quantitative estimate of drug-likeness (QED) is 0.790. The summed E-state index contributed by atoms with van der Waals surface area (Å²) in [5.74, 6) is 0. The second kappa shape index (κ2) is 6.62. The van der Waals surface area contributed by atoms with Gasteiger partial charge in [-0.1, -0.05) is 55.3 Å². The average molecular weight is 281 g/mol. The van der Waals surface area contributed by atoms with E-state index in [0.29, 0.717) is 5.41 Å². The molecule has 2 aromatic rings. The minimum absolute atomic E-state index is 0.597. The molecule has 0 atom stereocenters. The molecule has 0 amide bonds. The summed E-state index contributed by atoms with van der Waals surface area (Å²) < 4.78 is 0. The van der Waals surface area contributed by atoms with Crippen molar-refractivity contribution in [2.24, 2.45) is 5.41 Å². The molecule has 3 rings (SSSR count). The van der Waals surface area contributed by atoms with E-state index in [2.05, 4.69) is 54.8 Å². The molecule has 0 unspecified atom stereocenters. The third-order valence-corrected chi connectivity index (χ3v) is 5.37. The van der Waals surface area contributed by atoms with Crippen LogP contribution in [-0.4, -0.2) is 13.6 Å². The van der Waals surface area contributed by atoms with E-state index in [4.69, 9.17) is 0 Å². The van der Waals surface area contributed by atoms with Crippen molar-refractivity contribution in [3.8, 4) is 0 Å². The van der Waals surface area contributed by atoms with Gasteiger partial charge in [0, 0.05) is 0 Å². The van der Waals surface area contributed by atoms with Crippen LogP contribution in [0.4, 0.5) is 0 Å². The Hall–Kier alpha value is -1.34. The van der Waals surface area contributed by atoms with Crippen LogP contribution in [0.3, 0.4) is 0 Å². The molecular weight excluding hydrogens is 254 g/mol. The smallest absolute Gasteiger partial charge is 0.00466 e. The second-order valence-corrected chi connectivity index (χ2v) is 6.70. The molecule has 1 aliphatic carbocycles. The number of hydrogen-bond acceptors (Lipinski definition) is 1. The monoisotopic (exact) mass is 281 g/mol. The van der Waals surface area contributed by atoms with E-state index >= 15 is 0 Å². The van der Waals surface area contributed by atoms with Crippen LogP contribution in [0.2, 0.25) is 0 Å². The Bertz CT molecular complexity index is 576. The molecule has 0 radical (unpaired) electrons. The summed E-state index contributed by atoms with van der Waals surface area (Å²) in [6.45, 7) is 1.16. The van der Waals surface area contributed by atoms with E-state index in [0.717, 1.165) is 6.54 Å². The van der Waals surface area contributed by atoms with Crippen molar-refractivity contribution < 1.29 is 0 Å². The van der Waals surface area contributed by atoms with Crippen LogP contribution >= 0.6 is 0 Å². The van der Waals surface area contributed by atoms with Crippen LogP contribution in [0.15, 0.2) is 42.5 Å². The van der Waals surface area contributed by atoms with Crippen LogP contribution in [0, 0.1) is 5.41 Å². The molecule has 0 aliphatic heterocycles. The highest BCUT2D eigenvalue weighted by Crippen LogP contribution is 2.44. The molecule has 0 bridgehead atoms. The van der Waals surface area contributed by atoms with Crippen molar-refractivity contribution in [2.45, 2.75) is 44.9 Å². The Labute approximate surface area is 128 Å². The van der Waals surface area contributed by atoms with Crippen molar-refractivity contribution in [2.75, 3.05) is 13.6 Å². The topological polar surface area (TPSA) is 12.0 Å². The first kappa shape index (κ1) is 14.6. The summed E-state index contributed by atoms with van der Waals surface area (Å²) in [4.78, 5) is 0. The summed E-state index contributed by atoms with van der Waals surface area (Å²) >= 11 is 0. The molecule has 1 saturated carbocycles. The number of aryl methyl sites for hydroxylation is 1. The van der Waals surface area contributed by atoms with Gasteiger partial charge in [0.05, 0.1) is 0 Å². The molecule has 1 fully saturated rings. The fourth-order valence-corrected chi connectivity index (χ4v) is 4.05. The van der Waals surface area contributed by atoms with Crippen molar-refractivity contribution in [1.82, 2.24) is 5.32 Å². The molecule has 1 nitrogen and oxygen atoms in total. The normalized spacial score (nSPS) is 17.4. The molecule has 1 N–H and O–H groups in total. The largest absolute Gasteiger partial charge is 0.320 e. The summed E-state index contributed by atoms with van der Waals surface area (Å²) in [6, 6.07) is 15.6. The fraction of sp³-hybridized carbons (Fsp3) is 0.500. The van der Waals surface area contributed by atoms with Crippen LogP contribution in [-0.2, 0) is 6.42 Å². The number of hydrogen-bond donors (Lipinski definition) is 1. The van der Waals surface area contributed by atoms with Gasteiger partial charge in [-0.2, -0.15) is 0 Å². The van der Waals surface area contributed by atoms with E-state index in [1.54, 1.807) is 0 Å². The van der Waals surface area contributed by atoms with Crippen molar-refractivity contribution in [1.29, 1.82) is 0 Å². The first-order valence-corrected chi connectivity index (χ1v) is 8.44.